The lowest BCUT2D eigenvalue weighted by Gasteiger charge is -2.06. The third-order valence-electron chi connectivity index (χ3n) is 2.58. The summed E-state index contributed by atoms with van der Waals surface area (Å²) in [5.74, 6) is -3.34. The maximum Gasteiger partial charge on any atom is 0.307 e. The Morgan fingerprint density at radius 2 is 1.76 bits per heavy atom. The van der Waals surface area contributed by atoms with Crippen LogP contribution in [-0.2, 0) is 0 Å². The molecule has 0 heterocycles. The normalized spacial score (nSPS) is 10.2. The highest BCUT2D eigenvalue weighted by atomic mass is 79.9. The number of halogens is 3. The van der Waals surface area contributed by atoms with Crippen LogP contribution in [-0.4, -0.2) is 10.8 Å². The molecule has 0 radical (unpaired) electrons. The van der Waals surface area contributed by atoms with Gasteiger partial charge in [-0.15, -0.1) is 0 Å². The summed E-state index contributed by atoms with van der Waals surface area (Å²) in [5, 5.41) is 12.8. The van der Waals surface area contributed by atoms with E-state index in [1.54, 1.807) is 24.3 Å². The molecule has 21 heavy (non-hydrogen) atoms. The second-order valence-electron chi connectivity index (χ2n) is 4.00. The summed E-state index contributed by atoms with van der Waals surface area (Å²) in [5.41, 5.74) is -1.25. The number of nitro benzene ring substituents is 1. The van der Waals surface area contributed by atoms with Crippen molar-refractivity contribution in [1.29, 1.82) is 0 Å². The van der Waals surface area contributed by atoms with Crippen molar-refractivity contribution in [3.8, 4) is 0 Å². The van der Waals surface area contributed by atoms with Crippen LogP contribution in [0, 0.1) is 21.7 Å². The number of carbonyl (C=O) groups excluding carboxylic acids is 1. The van der Waals surface area contributed by atoms with E-state index in [1.165, 1.54) is 0 Å². The molecule has 0 unspecified atom stereocenters. The lowest BCUT2D eigenvalue weighted by Crippen LogP contribution is -2.14. The Hall–Kier alpha value is -2.35. The van der Waals surface area contributed by atoms with Gasteiger partial charge in [-0.1, -0.05) is 15.9 Å². The zero-order valence-electron chi connectivity index (χ0n) is 10.3. The smallest absolute Gasteiger partial charge is 0.307 e. The summed E-state index contributed by atoms with van der Waals surface area (Å²) in [6.45, 7) is 0. The van der Waals surface area contributed by atoms with Crippen LogP contribution in [0.15, 0.2) is 40.9 Å². The van der Waals surface area contributed by atoms with E-state index >= 15 is 0 Å². The molecule has 0 saturated heterocycles. The van der Waals surface area contributed by atoms with Crippen LogP contribution in [0.5, 0.6) is 0 Å². The molecule has 1 amide bonds. The van der Waals surface area contributed by atoms with E-state index in [0.29, 0.717) is 17.8 Å². The predicted molar refractivity (Wildman–Crippen MR) is 75.1 cm³/mol. The molecule has 0 bridgehead atoms. The zero-order valence-corrected chi connectivity index (χ0v) is 11.9. The Kier molecular flexibility index (Phi) is 4.27. The Balaban J connectivity index is 2.29. The molecule has 0 aromatic heterocycles. The SMILES string of the molecule is O=C(Nc1ccc(Br)cc1)c1cc(F)c([N+](=O)[O-])cc1F. The molecule has 2 aromatic carbocycles. The fourth-order valence-electron chi connectivity index (χ4n) is 1.58. The van der Waals surface area contributed by atoms with Crippen molar-refractivity contribution in [3.05, 3.63) is 68.2 Å². The number of amides is 1. The lowest BCUT2D eigenvalue weighted by atomic mass is 10.1. The minimum Gasteiger partial charge on any atom is -0.322 e. The first-order valence-electron chi connectivity index (χ1n) is 5.59. The summed E-state index contributed by atoms with van der Waals surface area (Å²) in [4.78, 5) is 21.3. The maximum atomic E-state index is 13.7. The van der Waals surface area contributed by atoms with Gasteiger partial charge < -0.3 is 5.32 Å². The van der Waals surface area contributed by atoms with E-state index in [0.717, 1.165) is 4.47 Å². The number of nitrogens with one attached hydrogen (secondary N) is 1. The standard InChI is InChI=1S/C13H7BrF2N2O3/c14-7-1-3-8(4-2-7)17-13(19)9-5-11(16)12(18(20)21)6-10(9)15/h1-6H,(H,17,19). The molecule has 0 fully saturated rings. The van der Waals surface area contributed by atoms with Gasteiger partial charge in [-0.25, -0.2) is 4.39 Å². The molecule has 2 rings (SSSR count). The number of nitrogens with zero attached hydrogens (tertiary/aromatic N) is 1. The number of nitro groups is 1. The first-order chi connectivity index (χ1) is 9.88. The average molecular weight is 357 g/mol. The third-order valence-corrected chi connectivity index (χ3v) is 3.11. The van der Waals surface area contributed by atoms with Gasteiger partial charge in [-0.05, 0) is 30.3 Å². The van der Waals surface area contributed by atoms with Crippen molar-refractivity contribution in [2.24, 2.45) is 0 Å². The van der Waals surface area contributed by atoms with Gasteiger partial charge in [-0.2, -0.15) is 4.39 Å². The number of anilines is 1. The molecule has 0 saturated carbocycles. The quantitative estimate of drug-likeness (QED) is 0.669. The second-order valence-corrected chi connectivity index (χ2v) is 4.92. The van der Waals surface area contributed by atoms with E-state index in [2.05, 4.69) is 21.2 Å². The van der Waals surface area contributed by atoms with Crippen LogP contribution in [0.1, 0.15) is 10.4 Å². The Morgan fingerprint density at radius 3 is 2.33 bits per heavy atom. The van der Waals surface area contributed by atoms with Gasteiger partial charge in [0, 0.05) is 10.2 Å². The molecule has 8 heteroatoms. The number of hydrogen-bond donors (Lipinski definition) is 1. The molecule has 0 aliphatic rings. The van der Waals surface area contributed by atoms with E-state index < -0.39 is 33.7 Å². The first-order valence-corrected chi connectivity index (χ1v) is 6.38. The van der Waals surface area contributed by atoms with Gasteiger partial charge in [0.1, 0.15) is 5.82 Å². The number of benzene rings is 2. The average Bonchev–Trinajstić information content (AvgIpc) is 2.43. The van der Waals surface area contributed by atoms with Crippen molar-refractivity contribution >= 4 is 33.2 Å². The van der Waals surface area contributed by atoms with E-state index in [1.807, 2.05) is 0 Å². The minimum atomic E-state index is -1.28. The molecule has 108 valence electrons. The van der Waals surface area contributed by atoms with Gasteiger partial charge in [0.2, 0.25) is 5.82 Å². The van der Waals surface area contributed by atoms with E-state index in [-0.39, 0.29) is 0 Å². The van der Waals surface area contributed by atoms with Crippen molar-refractivity contribution < 1.29 is 18.5 Å². The monoisotopic (exact) mass is 356 g/mol. The summed E-state index contributed by atoms with van der Waals surface area (Å²) in [6.07, 6.45) is 0. The van der Waals surface area contributed by atoms with Crippen molar-refractivity contribution in [2.75, 3.05) is 5.32 Å². The summed E-state index contributed by atoms with van der Waals surface area (Å²) >= 11 is 3.21. The maximum absolute atomic E-state index is 13.7. The topological polar surface area (TPSA) is 72.2 Å². The zero-order chi connectivity index (χ0) is 15.6. The van der Waals surface area contributed by atoms with Gasteiger partial charge in [-0.3, -0.25) is 14.9 Å². The van der Waals surface area contributed by atoms with Crippen LogP contribution in [0.25, 0.3) is 0 Å². The number of carbonyl (C=O) groups is 1. The highest BCUT2D eigenvalue weighted by Gasteiger charge is 2.22. The number of hydrogen-bond acceptors (Lipinski definition) is 3. The van der Waals surface area contributed by atoms with Crippen molar-refractivity contribution in [3.63, 3.8) is 0 Å². The summed E-state index contributed by atoms with van der Waals surface area (Å²) in [7, 11) is 0. The third kappa shape index (κ3) is 3.40. The van der Waals surface area contributed by atoms with Crippen molar-refractivity contribution in [1.82, 2.24) is 0 Å². The predicted octanol–water partition coefficient (Wildman–Crippen LogP) is 3.89. The van der Waals surface area contributed by atoms with Crippen molar-refractivity contribution in [2.45, 2.75) is 0 Å². The minimum absolute atomic E-state index is 0.376. The van der Waals surface area contributed by atoms with Gasteiger partial charge in [0.15, 0.2) is 0 Å². The molecule has 0 aliphatic heterocycles. The fraction of sp³-hybridized carbons (Fsp3) is 0. The Labute approximate surface area is 125 Å². The number of rotatable bonds is 3. The van der Waals surface area contributed by atoms with E-state index in [9.17, 15) is 23.7 Å². The largest absolute Gasteiger partial charge is 0.322 e. The fourth-order valence-corrected chi connectivity index (χ4v) is 1.85. The molecule has 1 N–H and O–H groups in total. The molecular formula is C13H7BrF2N2O3. The van der Waals surface area contributed by atoms with Crippen LogP contribution in [0.2, 0.25) is 0 Å². The van der Waals surface area contributed by atoms with Crippen LogP contribution >= 0.6 is 15.9 Å². The second kappa shape index (κ2) is 5.96. The van der Waals surface area contributed by atoms with Crippen LogP contribution in [0.4, 0.5) is 20.2 Å². The first kappa shape index (κ1) is 15.0. The molecule has 5 nitrogen and oxygen atoms in total. The van der Waals surface area contributed by atoms with Crippen LogP contribution in [0.3, 0.4) is 0 Å². The molecule has 0 spiro atoms. The van der Waals surface area contributed by atoms with E-state index in [4.69, 9.17) is 0 Å². The van der Waals surface area contributed by atoms with Gasteiger partial charge >= 0.3 is 5.69 Å². The molecule has 0 atom stereocenters. The Morgan fingerprint density at radius 1 is 1.14 bits per heavy atom. The molecular weight excluding hydrogens is 350 g/mol. The summed E-state index contributed by atoms with van der Waals surface area (Å²) < 4.78 is 27.9. The highest BCUT2D eigenvalue weighted by molar-refractivity contribution is 9.10. The van der Waals surface area contributed by atoms with Gasteiger partial charge in [0.25, 0.3) is 5.91 Å². The highest BCUT2D eigenvalue weighted by Crippen LogP contribution is 2.22. The lowest BCUT2D eigenvalue weighted by molar-refractivity contribution is -0.387. The van der Waals surface area contributed by atoms with Gasteiger partial charge in [0.05, 0.1) is 16.6 Å². The van der Waals surface area contributed by atoms with Crippen LogP contribution < -0.4 is 5.32 Å². The Bertz CT molecular complexity index is 720. The molecule has 2 aromatic rings. The summed E-state index contributed by atoms with van der Waals surface area (Å²) in [6, 6.07) is 7.31. The molecule has 0 aliphatic carbocycles.